The largest absolute Gasteiger partial charge is 0.469 e. The molecular formula is C16H21NOS. The van der Waals surface area contributed by atoms with Crippen LogP contribution in [0.3, 0.4) is 0 Å². The van der Waals surface area contributed by atoms with Crippen molar-refractivity contribution in [3.63, 3.8) is 0 Å². The van der Waals surface area contributed by atoms with E-state index in [4.69, 9.17) is 4.42 Å². The van der Waals surface area contributed by atoms with Gasteiger partial charge in [-0.3, -0.25) is 0 Å². The molecule has 0 aliphatic carbocycles. The van der Waals surface area contributed by atoms with Gasteiger partial charge < -0.3 is 9.73 Å². The van der Waals surface area contributed by atoms with Gasteiger partial charge in [-0.05, 0) is 37.7 Å². The molecule has 0 saturated carbocycles. The molecular weight excluding hydrogens is 254 g/mol. The Balaban J connectivity index is 1.87. The number of thioether (sulfide) groups is 1. The van der Waals surface area contributed by atoms with Gasteiger partial charge in [0.1, 0.15) is 5.76 Å². The fourth-order valence-corrected chi connectivity index (χ4v) is 2.94. The van der Waals surface area contributed by atoms with E-state index in [9.17, 15) is 0 Å². The molecule has 0 saturated heterocycles. The number of rotatable bonds is 7. The highest BCUT2D eigenvalue weighted by Crippen LogP contribution is 2.20. The molecule has 102 valence electrons. The van der Waals surface area contributed by atoms with Crippen LogP contribution in [0.4, 0.5) is 0 Å². The van der Waals surface area contributed by atoms with E-state index >= 15 is 0 Å². The predicted molar refractivity (Wildman–Crippen MR) is 81.8 cm³/mol. The lowest BCUT2D eigenvalue weighted by atomic mass is 10.2. The van der Waals surface area contributed by atoms with Crippen molar-refractivity contribution >= 4 is 11.8 Å². The topological polar surface area (TPSA) is 25.2 Å². The standard InChI is InChI=1S/C16H21NOS/c1-3-17-14(11-15-5-4-10-18-15)12-19-16-8-6-13(2)7-9-16/h4-10,14,17H,3,11-12H2,1-2H3. The predicted octanol–water partition coefficient (Wildman–Crippen LogP) is 3.90. The lowest BCUT2D eigenvalue weighted by molar-refractivity contribution is 0.465. The quantitative estimate of drug-likeness (QED) is 0.776. The molecule has 1 unspecified atom stereocenters. The van der Waals surface area contributed by atoms with E-state index in [0.29, 0.717) is 6.04 Å². The zero-order valence-corrected chi connectivity index (χ0v) is 12.4. The average Bonchev–Trinajstić information content (AvgIpc) is 2.91. The van der Waals surface area contributed by atoms with Crippen molar-refractivity contribution in [1.29, 1.82) is 0 Å². The maximum atomic E-state index is 5.43. The van der Waals surface area contributed by atoms with E-state index < -0.39 is 0 Å². The highest BCUT2D eigenvalue weighted by Gasteiger charge is 2.10. The Labute approximate surface area is 119 Å². The smallest absolute Gasteiger partial charge is 0.105 e. The van der Waals surface area contributed by atoms with Crippen LogP contribution in [0.5, 0.6) is 0 Å². The van der Waals surface area contributed by atoms with Crippen molar-refractivity contribution in [1.82, 2.24) is 5.32 Å². The monoisotopic (exact) mass is 275 g/mol. The van der Waals surface area contributed by atoms with E-state index in [-0.39, 0.29) is 0 Å². The zero-order chi connectivity index (χ0) is 13.5. The van der Waals surface area contributed by atoms with E-state index in [1.165, 1.54) is 10.5 Å². The van der Waals surface area contributed by atoms with Crippen molar-refractivity contribution in [2.75, 3.05) is 12.3 Å². The molecule has 0 amide bonds. The molecule has 1 heterocycles. The molecule has 0 spiro atoms. The Kier molecular flexibility index (Phi) is 5.55. The fourth-order valence-electron chi connectivity index (χ4n) is 1.98. The highest BCUT2D eigenvalue weighted by molar-refractivity contribution is 7.99. The summed E-state index contributed by atoms with van der Waals surface area (Å²) in [5.41, 5.74) is 1.31. The molecule has 1 aromatic carbocycles. The molecule has 2 nitrogen and oxygen atoms in total. The van der Waals surface area contributed by atoms with E-state index in [0.717, 1.165) is 24.5 Å². The number of aryl methyl sites for hydroxylation is 1. The normalized spacial score (nSPS) is 12.5. The minimum Gasteiger partial charge on any atom is -0.469 e. The minimum atomic E-state index is 0.447. The van der Waals surface area contributed by atoms with E-state index in [1.54, 1.807) is 6.26 Å². The van der Waals surface area contributed by atoms with Gasteiger partial charge >= 0.3 is 0 Å². The summed E-state index contributed by atoms with van der Waals surface area (Å²) in [6.45, 7) is 5.25. The summed E-state index contributed by atoms with van der Waals surface area (Å²) < 4.78 is 5.43. The third-order valence-corrected chi connectivity index (χ3v) is 4.17. The zero-order valence-electron chi connectivity index (χ0n) is 11.6. The number of nitrogens with one attached hydrogen (secondary N) is 1. The molecule has 0 bridgehead atoms. The first-order valence-corrected chi connectivity index (χ1v) is 7.71. The summed E-state index contributed by atoms with van der Waals surface area (Å²) in [6.07, 6.45) is 2.69. The Hall–Kier alpha value is -1.19. The van der Waals surface area contributed by atoms with Crippen LogP contribution in [0.15, 0.2) is 52.0 Å². The Bertz CT molecular complexity index is 464. The fraction of sp³-hybridized carbons (Fsp3) is 0.375. The van der Waals surface area contributed by atoms with Crippen LogP contribution >= 0.6 is 11.8 Å². The summed E-state index contributed by atoms with van der Waals surface area (Å²) in [7, 11) is 0. The number of likely N-dealkylation sites (N-methyl/N-ethyl adjacent to an activating group) is 1. The maximum Gasteiger partial charge on any atom is 0.105 e. The average molecular weight is 275 g/mol. The third kappa shape index (κ3) is 4.77. The molecule has 2 rings (SSSR count). The maximum absolute atomic E-state index is 5.43. The summed E-state index contributed by atoms with van der Waals surface area (Å²) in [5, 5.41) is 3.52. The van der Waals surface area contributed by atoms with Crippen molar-refractivity contribution in [2.45, 2.75) is 31.2 Å². The van der Waals surface area contributed by atoms with Crippen molar-refractivity contribution in [3.8, 4) is 0 Å². The van der Waals surface area contributed by atoms with Gasteiger partial charge in [0.15, 0.2) is 0 Å². The molecule has 1 atom stereocenters. The van der Waals surface area contributed by atoms with Crippen LogP contribution in [-0.2, 0) is 6.42 Å². The third-order valence-electron chi connectivity index (χ3n) is 2.99. The van der Waals surface area contributed by atoms with Crippen molar-refractivity contribution in [2.24, 2.45) is 0 Å². The van der Waals surface area contributed by atoms with E-state index in [2.05, 4.69) is 43.4 Å². The van der Waals surface area contributed by atoms with Gasteiger partial charge in [0.05, 0.1) is 6.26 Å². The minimum absolute atomic E-state index is 0.447. The van der Waals surface area contributed by atoms with Crippen LogP contribution < -0.4 is 5.32 Å². The molecule has 1 N–H and O–H groups in total. The molecule has 0 fully saturated rings. The summed E-state index contributed by atoms with van der Waals surface area (Å²) >= 11 is 1.89. The van der Waals surface area contributed by atoms with Crippen LogP contribution in [0, 0.1) is 6.92 Å². The number of furan rings is 1. The number of hydrogen-bond acceptors (Lipinski definition) is 3. The molecule has 1 aromatic heterocycles. The second-order valence-corrected chi connectivity index (χ2v) is 5.76. The number of benzene rings is 1. The highest BCUT2D eigenvalue weighted by atomic mass is 32.2. The van der Waals surface area contributed by atoms with Crippen LogP contribution in [0.25, 0.3) is 0 Å². The van der Waals surface area contributed by atoms with Gasteiger partial charge in [-0.25, -0.2) is 0 Å². The molecule has 19 heavy (non-hydrogen) atoms. The van der Waals surface area contributed by atoms with Gasteiger partial charge in [-0.1, -0.05) is 24.6 Å². The number of hydrogen-bond donors (Lipinski definition) is 1. The Morgan fingerprint density at radius 3 is 2.63 bits per heavy atom. The first kappa shape index (κ1) is 14.2. The van der Waals surface area contributed by atoms with Gasteiger partial charge in [0.25, 0.3) is 0 Å². The summed E-state index contributed by atoms with van der Waals surface area (Å²) in [5.74, 6) is 2.10. The second-order valence-electron chi connectivity index (χ2n) is 4.66. The molecule has 2 aromatic rings. The first-order valence-electron chi connectivity index (χ1n) is 6.73. The van der Waals surface area contributed by atoms with Crippen LogP contribution in [-0.4, -0.2) is 18.3 Å². The van der Waals surface area contributed by atoms with Crippen LogP contribution in [0.2, 0.25) is 0 Å². The van der Waals surface area contributed by atoms with E-state index in [1.807, 2.05) is 23.9 Å². The van der Waals surface area contributed by atoms with Gasteiger partial charge in [-0.15, -0.1) is 11.8 Å². The Morgan fingerprint density at radius 2 is 2.00 bits per heavy atom. The lowest BCUT2D eigenvalue weighted by Crippen LogP contribution is -2.33. The van der Waals surface area contributed by atoms with Gasteiger partial charge in [0.2, 0.25) is 0 Å². The first-order chi connectivity index (χ1) is 9.28. The van der Waals surface area contributed by atoms with Crippen molar-refractivity contribution in [3.05, 3.63) is 54.0 Å². The molecule has 0 radical (unpaired) electrons. The molecule has 0 aliphatic rings. The molecule has 3 heteroatoms. The second kappa shape index (κ2) is 7.41. The summed E-state index contributed by atoms with van der Waals surface area (Å²) in [4.78, 5) is 1.33. The summed E-state index contributed by atoms with van der Waals surface area (Å²) in [6, 6.07) is 13.1. The van der Waals surface area contributed by atoms with Crippen molar-refractivity contribution < 1.29 is 4.42 Å². The molecule has 0 aliphatic heterocycles. The van der Waals surface area contributed by atoms with Gasteiger partial charge in [-0.2, -0.15) is 0 Å². The van der Waals surface area contributed by atoms with Crippen LogP contribution in [0.1, 0.15) is 18.2 Å². The lowest BCUT2D eigenvalue weighted by Gasteiger charge is -2.16. The Morgan fingerprint density at radius 1 is 1.21 bits per heavy atom. The SMILES string of the molecule is CCNC(CSc1ccc(C)cc1)Cc1ccco1. The van der Waals surface area contributed by atoms with Gasteiger partial charge in [0, 0.05) is 23.1 Å².